The Kier molecular flexibility index (Phi) is 5.95. The molecule has 1 atom stereocenters. The number of fused-ring (bicyclic) bond motifs is 2. The molecule has 0 aliphatic heterocycles. The van der Waals surface area contributed by atoms with E-state index in [4.69, 9.17) is 5.11 Å². The van der Waals surface area contributed by atoms with Gasteiger partial charge in [0.25, 0.3) is 0 Å². The summed E-state index contributed by atoms with van der Waals surface area (Å²) in [7, 11) is 0. The second-order valence-electron chi connectivity index (χ2n) is 7.76. The molecule has 3 amide bonds. The fourth-order valence-electron chi connectivity index (χ4n) is 3.90. The lowest BCUT2D eigenvalue weighted by Crippen LogP contribution is -2.40. The summed E-state index contributed by atoms with van der Waals surface area (Å²) in [6, 6.07) is 21.3. The summed E-state index contributed by atoms with van der Waals surface area (Å²) in [6.45, 7) is 2.84. The minimum absolute atomic E-state index is 0.214. The van der Waals surface area contributed by atoms with Crippen molar-refractivity contribution in [1.29, 1.82) is 0 Å². The van der Waals surface area contributed by atoms with E-state index < -0.39 is 18.0 Å². The first-order valence-electron chi connectivity index (χ1n) is 10.5. The van der Waals surface area contributed by atoms with Crippen molar-refractivity contribution < 1.29 is 19.5 Å². The molecule has 4 N–H and O–H groups in total. The molecule has 0 aromatic heterocycles. The molecular formula is C26H23N3O4. The van der Waals surface area contributed by atoms with Crippen LogP contribution in [0.5, 0.6) is 0 Å². The summed E-state index contributed by atoms with van der Waals surface area (Å²) in [6.07, 6.45) is 0. The van der Waals surface area contributed by atoms with Crippen LogP contribution in [0.2, 0.25) is 0 Å². The van der Waals surface area contributed by atoms with Crippen molar-refractivity contribution in [3.63, 3.8) is 0 Å². The second-order valence-corrected chi connectivity index (χ2v) is 7.76. The zero-order valence-corrected chi connectivity index (χ0v) is 18.2. The third kappa shape index (κ3) is 4.48. The molecule has 0 heterocycles. The minimum atomic E-state index is -1.13. The quantitative estimate of drug-likeness (QED) is 0.341. The Hall–Kier alpha value is -4.39. The van der Waals surface area contributed by atoms with Crippen LogP contribution in [0, 0.1) is 0 Å². The van der Waals surface area contributed by atoms with Crippen LogP contribution in [-0.2, 0) is 9.59 Å². The molecule has 1 unspecified atom stereocenters. The number of nitrogens with one attached hydrogen (secondary N) is 3. The molecule has 7 heteroatoms. The van der Waals surface area contributed by atoms with Gasteiger partial charge < -0.3 is 21.1 Å². The number of aliphatic carboxylic acids is 1. The molecule has 4 aromatic rings. The highest BCUT2D eigenvalue weighted by Gasteiger charge is 2.20. The highest BCUT2D eigenvalue weighted by Crippen LogP contribution is 2.43. The summed E-state index contributed by atoms with van der Waals surface area (Å²) in [4.78, 5) is 35.8. The molecule has 33 heavy (non-hydrogen) atoms. The first-order valence-corrected chi connectivity index (χ1v) is 10.5. The van der Waals surface area contributed by atoms with Crippen molar-refractivity contribution >= 4 is 50.8 Å². The molecule has 0 aliphatic carbocycles. The van der Waals surface area contributed by atoms with Crippen molar-refractivity contribution in [2.45, 2.75) is 19.9 Å². The molecule has 0 aliphatic rings. The van der Waals surface area contributed by atoms with Gasteiger partial charge >= 0.3 is 12.0 Å². The summed E-state index contributed by atoms with van der Waals surface area (Å²) in [5, 5.41) is 21.0. The molecule has 0 bridgehead atoms. The molecule has 0 spiro atoms. The Morgan fingerprint density at radius 3 is 1.70 bits per heavy atom. The van der Waals surface area contributed by atoms with Gasteiger partial charge in [-0.2, -0.15) is 0 Å². The normalized spacial score (nSPS) is 11.7. The predicted molar refractivity (Wildman–Crippen MR) is 130 cm³/mol. The van der Waals surface area contributed by atoms with Crippen LogP contribution in [0.15, 0.2) is 72.8 Å². The van der Waals surface area contributed by atoms with E-state index in [1.807, 2.05) is 66.7 Å². The van der Waals surface area contributed by atoms with E-state index in [0.717, 1.165) is 32.7 Å². The SMILES string of the molecule is CC(=O)Nc1ccc2ccccc2c1-c1c(NC(=O)NC(C)C(=O)O)ccc2ccccc12. The van der Waals surface area contributed by atoms with Gasteiger partial charge in [-0.25, -0.2) is 4.79 Å². The molecule has 4 rings (SSSR count). The average Bonchev–Trinajstić information content (AvgIpc) is 2.79. The molecule has 0 saturated carbocycles. The van der Waals surface area contributed by atoms with Gasteiger partial charge in [-0.05, 0) is 40.6 Å². The van der Waals surface area contributed by atoms with Crippen LogP contribution in [0.25, 0.3) is 32.7 Å². The fraction of sp³-hybridized carbons (Fsp3) is 0.115. The predicted octanol–water partition coefficient (Wildman–Crippen LogP) is 5.21. The van der Waals surface area contributed by atoms with Gasteiger partial charge in [0.1, 0.15) is 6.04 Å². The van der Waals surface area contributed by atoms with Gasteiger partial charge in [-0.1, -0.05) is 60.7 Å². The fourth-order valence-corrected chi connectivity index (χ4v) is 3.90. The number of carbonyl (C=O) groups is 3. The first kappa shape index (κ1) is 21.8. The van der Waals surface area contributed by atoms with E-state index in [-0.39, 0.29) is 5.91 Å². The van der Waals surface area contributed by atoms with E-state index in [1.54, 1.807) is 6.07 Å². The lowest BCUT2D eigenvalue weighted by molar-refractivity contribution is -0.138. The van der Waals surface area contributed by atoms with Crippen molar-refractivity contribution in [2.24, 2.45) is 0 Å². The second kappa shape index (κ2) is 9.00. The van der Waals surface area contributed by atoms with Crippen LogP contribution >= 0.6 is 0 Å². The third-order valence-electron chi connectivity index (χ3n) is 5.38. The number of hydrogen-bond donors (Lipinski definition) is 4. The molecule has 0 radical (unpaired) electrons. The van der Waals surface area contributed by atoms with E-state index in [0.29, 0.717) is 11.4 Å². The van der Waals surface area contributed by atoms with Crippen molar-refractivity contribution in [1.82, 2.24) is 5.32 Å². The van der Waals surface area contributed by atoms with Gasteiger partial charge in [0.15, 0.2) is 0 Å². The zero-order valence-electron chi connectivity index (χ0n) is 18.2. The first-order chi connectivity index (χ1) is 15.8. The van der Waals surface area contributed by atoms with Crippen LogP contribution in [0.3, 0.4) is 0 Å². The average molecular weight is 441 g/mol. The molecule has 0 fully saturated rings. The monoisotopic (exact) mass is 441 g/mol. The number of rotatable bonds is 5. The number of carboxylic acid groups (broad SMARTS) is 1. The van der Waals surface area contributed by atoms with Crippen molar-refractivity contribution in [3.8, 4) is 11.1 Å². The topological polar surface area (TPSA) is 108 Å². The number of carboxylic acids is 1. The number of amides is 3. The highest BCUT2D eigenvalue weighted by atomic mass is 16.4. The van der Waals surface area contributed by atoms with Crippen molar-refractivity contribution in [3.05, 3.63) is 72.8 Å². The van der Waals surface area contributed by atoms with Gasteiger partial charge in [-0.3, -0.25) is 9.59 Å². The van der Waals surface area contributed by atoms with E-state index in [9.17, 15) is 14.4 Å². The van der Waals surface area contributed by atoms with Gasteiger partial charge in [0.2, 0.25) is 5.91 Å². The van der Waals surface area contributed by atoms with Gasteiger partial charge in [-0.15, -0.1) is 0 Å². The maximum Gasteiger partial charge on any atom is 0.325 e. The summed E-state index contributed by atoms with van der Waals surface area (Å²) >= 11 is 0. The number of carbonyl (C=O) groups excluding carboxylic acids is 2. The molecule has 4 aromatic carbocycles. The standard InChI is InChI=1S/C26H23N3O4/c1-15(25(31)32)27-26(33)29-22-14-12-18-8-4-6-10-20(18)24(22)23-19-9-5-3-7-17(19)11-13-21(23)28-16(2)30/h3-15H,1-2H3,(H,28,30)(H,31,32)(H2,27,29,33). The minimum Gasteiger partial charge on any atom is -0.480 e. The van der Waals surface area contributed by atoms with Gasteiger partial charge in [0, 0.05) is 23.7 Å². The highest BCUT2D eigenvalue weighted by molar-refractivity contribution is 6.16. The largest absolute Gasteiger partial charge is 0.480 e. The lowest BCUT2D eigenvalue weighted by Gasteiger charge is -2.20. The van der Waals surface area contributed by atoms with Crippen LogP contribution < -0.4 is 16.0 Å². The van der Waals surface area contributed by atoms with E-state index in [2.05, 4.69) is 16.0 Å². The summed E-state index contributed by atoms with van der Waals surface area (Å²) in [5.41, 5.74) is 2.60. The van der Waals surface area contributed by atoms with Gasteiger partial charge in [0.05, 0.1) is 5.69 Å². The van der Waals surface area contributed by atoms with E-state index >= 15 is 0 Å². The third-order valence-corrected chi connectivity index (χ3v) is 5.38. The number of anilines is 2. The van der Waals surface area contributed by atoms with Crippen LogP contribution in [0.1, 0.15) is 13.8 Å². The number of urea groups is 1. The zero-order chi connectivity index (χ0) is 23.5. The Morgan fingerprint density at radius 1 is 0.727 bits per heavy atom. The Balaban J connectivity index is 1.98. The molecule has 166 valence electrons. The summed E-state index contributed by atoms with van der Waals surface area (Å²) in [5.74, 6) is -1.35. The maximum atomic E-state index is 12.6. The Bertz CT molecular complexity index is 1400. The Morgan fingerprint density at radius 2 is 1.21 bits per heavy atom. The maximum absolute atomic E-state index is 12.6. The number of benzene rings is 4. The van der Waals surface area contributed by atoms with Crippen LogP contribution in [-0.4, -0.2) is 29.1 Å². The van der Waals surface area contributed by atoms with Crippen molar-refractivity contribution in [2.75, 3.05) is 10.6 Å². The lowest BCUT2D eigenvalue weighted by atomic mass is 9.91. The molecular weight excluding hydrogens is 418 g/mol. The summed E-state index contributed by atoms with van der Waals surface area (Å²) < 4.78 is 0. The van der Waals surface area contributed by atoms with E-state index in [1.165, 1.54) is 13.8 Å². The number of hydrogen-bond acceptors (Lipinski definition) is 3. The molecule has 0 saturated heterocycles. The Labute approximate surface area is 190 Å². The smallest absolute Gasteiger partial charge is 0.325 e. The van der Waals surface area contributed by atoms with Crippen LogP contribution in [0.4, 0.5) is 16.2 Å². The molecule has 7 nitrogen and oxygen atoms in total.